The third-order valence-electron chi connectivity index (χ3n) is 7.60. The van der Waals surface area contributed by atoms with Gasteiger partial charge in [-0.25, -0.2) is 9.38 Å². The second-order valence-electron chi connectivity index (χ2n) is 10.8. The number of amidine groups is 1. The van der Waals surface area contributed by atoms with Crippen molar-refractivity contribution in [3.63, 3.8) is 0 Å². The van der Waals surface area contributed by atoms with Crippen LogP contribution < -0.4 is 4.90 Å². The van der Waals surface area contributed by atoms with Crippen molar-refractivity contribution >= 4 is 40.3 Å². The minimum atomic E-state index is -0.314. The molecule has 1 fully saturated rings. The summed E-state index contributed by atoms with van der Waals surface area (Å²) in [6.07, 6.45) is 4.36. The van der Waals surface area contributed by atoms with Crippen molar-refractivity contribution in [3.8, 4) is 0 Å². The first-order valence-electron chi connectivity index (χ1n) is 13.2. The Hall–Kier alpha value is -3.38. The molecule has 1 amide bonds. The van der Waals surface area contributed by atoms with E-state index in [0.717, 1.165) is 36.2 Å². The van der Waals surface area contributed by atoms with Crippen LogP contribution in [0.1, 0.15) is 56.2 Å². The average Bonchev–Trinajstić information content (AvgIpc) is 3.18. The SMILES string of the molecule is CC1CC(C)(C)N(C)c2cc(F)c(/C=C3/SC(=Nc4ccccc4)N(CCCc4ccccc4)C3=O)cc21. The molecule has 196 valence electrons. The molecule has 6 heteroatoms. The number of aryl methyl sites for hydroxylation is 1. The van der Waals surface area contributed by atoms with Crippen LogP contribution in [0.15, 0.2) is 82.7 Å². The first-order chi connectivity index (χ1) is 18.2. The van der Waals surface area contributed by atoms with Gasteiger partial charge in [-0.3, -0.25) is 9.69 Å². The standard InChI is InChI=1S/C32H34FN3OS/c1-22-21-32(2,3)35(4)28-20-27(33)24(18-26(22)28)19-29-30(37)36(17-11-14-23-12-7-5-8-13-23)31(38-29)34-25-15-9-6-10-16-25/h5-10,12-13,15-16,18-20,22H,11,14,17,21H2,1-4H3/b29-19+,34-31?. The zero-order valence-electron chi connectivity index (χ0n) is 22.4. The summed E-state index contributed by atoms with van der Waals surface area (Å²) in [5, 5.41) is 0.633. The summed E-state index contributed by atoms with van der Waals surface area (Å²) in [4.78, 5) is 22.8. The van der Waals surface area contributed by atoms with Crippen molar-refractivity contribution in [1.82, 2.24) is 4.90 Å². The van der Waals surface area contributed by atoms with Crippen LogP contribution in [0.5, 0.6) is 0 Å². The van der Waals surface area contributed by atoms with Crippen LogP contribution >= 0.6 is 11.8 Å². The van der Waals surface area contributed by atoms with Gasteiger partial charge in [-0.15, -0.1) is 0 Å². The van der Waals surface area contributed by atoms with E-state index in [1.807, 2.05) is 61.6 Å². The minimum Gasteiger partial charge on any atom is -0.369 e. The topological polar surface area (TPSA) is 35.9 Å². The quantitative estimate of drug-likeness (QED) is 0.307. The molecule has 0 saturated carbocycles. The number of nitrogens with zero attached hydrogens (tertiary/aromatic N) is 3. The summed E-state index contributed by atoms with van der Waals surface area (Å²) >= 11 is 1.32. The van der Waals surface area contributed by atoms with E-state index in [1.165, 1.54) is 17.3 Å². The van der Waals surface area contributed by atoms with Crippen molar-refractivity contribution in [3.05, 3.63) is 100 Å². The number of hydrogen-bond acceptors (Lipinski definition) is 4. The monoisotopic (exact) mass is 527 g/mol. The van der Waals surface area contributed by atoms with Crippen LogP contribution in [-0.4, -0.2) is 35.1 Å². The summed E-state index contributed by atoms with van der Waals surface area (Å²) in [5.41, 5.74) is 4.48. The first kappa shape index (κ1) is 26.2. The highest BCUT2D eigenvalue weighted by Gasteiger charge is 2.36. The molecule has 5 rings (SSSR count). The van der Waals surface area contributed by atoms with Crippen molar-refractivity contribution in [2.24, 2.45) is 4.99 Å². The number of hydrogen-bond donors (Lipinski definition) is 0. The number of carbonyl (C=O) groups is 1. The molecule has 4 nitrogen and oxygen atoms in total. The molecule has 2 aliphatic heterocycles. The van der Waals surface area contributed by atoms with E-state index in [9.17, 15) is 4.79 Å². The van der Waals surface area contributed by atoms with Gasteiger partial charge in [0.25, 0.3) is 5.91 Å². The normalized spacial score (nSPS) is 20.9. The van der Waals surface area contributed by atoms with Gasteiger partial charge in [0.15, 0.2) is 5.17 Å². The molecule has 3 aromatic rings. The molecular formula is C32H34FN3OS. The van der Waals surface area contributed by atoms with E-state index in [1.54, 1.807) is 17.0 Å². The van der Waals surface area contributed by atoms with Crippen molar-refractivity contribution in [2.75, 3.05) is 18.5 Å². The second-order valence-corrected chi connectivity index (χ2v) is 11.8. The maximum atomic E-state index is 15.4. The lowest BCUT2D eigenvalue weighted by molar-refractivity contribution is -0.122. The number of anilines is 1. The van der Waals surface area contributed by atoms with Crippen LogP contribution in [0.25, 0.3) is 6.08 Å². The van der Waals surface area contributed by atoms with Crippen LogP contribution in [-0.2, 0) is 11.2 Å². The second kappa shape index (κ2) is 10.8. The Morgan fingerprint density at radius 2 is 1.76 bits per heavy atom. The van der Waals surface area contributed by atoms with Gasteiger partial charge in [-0.1, -0.05) is 55.5 Å². The molecule has 3 aromatic carbocycles. The van der Waals surface area contributed by atoms with Gasteiger partial charge >= 0.3 is 0 Å². The van der Waals surface area contributed by atoms with Gasteiger partial charge in [0.1, 0.15) is 5.82 Å². The zero-order valence-corrected chi connectivity index (χ0v) is 23.3. The summed E-state index contributed by atoms with van der Waals surface area (Å²) in [7, 11) is 2.03. The maximum absolute atomic E-state index is 15.4. The van der Waals surface area contributed by atoms with E-state index in [0.29, 0.717) is 28.1 Å². The van der Waals surface area contributed by atoms with Crippen molar-refractivity contribution in [2.45, 2.75) is 51.5 Å². The van der Waals surface area contributed by atoms with Crippen LogP contribution in [0, 0.1) is 5.82 Å². The third kappa shape index (κ3) is 5.41. The van der Waals surface area contributed by atoms with E-state index < -0.39 is 0 Å². The van der Waals surface area contributed by atoms with Crippen molar-refractivity contribution in [1.29, 1.82) is 0 Å². The van der Waals surface area contributed by atoms with E-state index in [-0.39, 0.29) is 17.3 Å². The zero-order chi connectivity index (χ0) is 26.9. The molecule has 1 unspecified atom stereocenters. The highest BCUT2D eigenvalue weighted by Crippen LogP contribution is 2.44. The lowest BCUT2D eigenvalue weighted by Gasteiger charge is -2.45. The predicted octanol–water partition coefficient (Wildman–Crippen LogP) is 7.78. The molecule has 2 heterocycles. The molecule has 0 bridgehead atoms. The van der Waals surface area contributed by atoms with Crippen molar-refractivity contribution < 1.29 is 9.18 Å². The highest BCUT2D eigenvalue weighted by atomic mass is 32.2. The fourth-order valence-corrected chi connectivity index (χ4v) is 6.36. The Balaban J connectivity index is 1.45. The van der Waals surface area contributed by atoms with Gasteiger partial charge < -0.3 is 4.90 Å². The van der Waals surface area contributed by atoms with Gasteiger partial charge in [0, 0.05) is 30.4 Å². The summed E-state index contributed by atoms with van der Waals surface area (Å²) in [6, 6.07) is 23.5. The Labute approximate surface area is 229 Å². The number of fused-ring (bicyclic) bond motifs is 1. The number of aliphatic imine (C=N–C) groups is 1. The fraction of sp³-hybridized carbons (Fsp3) is 0.312. The van der Waals surface area contributed by atoms with E-state index in [4.69, 9.17) is 4.99 Å². The van der Waals surface area contributed by atoms with Gasteiger partial charge in [0.05, 0.1) is 10.6 Å². The number of thioether (sulfide) groups is 1. The van der Waals surface area contributed by atoms with E-state index in [2.05, 4.69) is 37.8 Å². The number of carbonyl (C=O) groups excluding carboxylic acids is 1. The number of rotatable bonds is 6. The van der Waals surface area contributed by atoms with E-state index >= 15 is 4.39 Å². The largest absolute Gasteiger partial charge is 0.369 e. The van der Waals surface area contributed by atoms with Gasteiger partial charge in [0.2, 0.25) is 0 Å². The lowest BCUT2D eigenvalue weighted by Crippen LogP contribution is -2.45. The molecule has 1 saturated heterocycles. The van der Waals surface area contributed by atoms with Crippen LogP contribution in [0.3, 0.4) is 0 Å². The molecule has 0 aromatic heterocycles. The number of benzene rings is 3. The molecule has 0 spiro atoms. The minimum absolute atomic E-state index is 0.0425. The predicted molar refractivity (Wildman–Crippen MR) is 157 cm³/mol. The molecule has 1 atom stereocenters. The fourth-order valence-electron chi connectivity index (χ4n) is 5.34. The molecule has 0 N–H and O–H groups in total. The number of amides is 1. The number of halogens is 1. The Morgan fingerprint density at radius 3 is 2.47 bits per heavy atom. The average molecular weight is 528 g/mol. The highest BCUT2D eigenvalue weighted by molar-refractivity contribution is 8.18. The third-order valence-corrected chi connectivity index (χ3v) is 8.60. The Bertz CT molecular complexity index is 1380. The summed E-state index contributed by atoms with van der Waals surface area (Å²) in [6.45, 7) is 7.12. The van der Waals surface area contributed by atoms with Gasteiger partial charge in [-0.2, -0.15) is 0 Å². The van der Waals surface area contributed by atoms with Crippen LogP contribution in [0.4, 0.5) is 15.8 Å². The Kier molecular flexibility index (Phi) is 7.44. The molecule has 2 aliphatic rings. The molecule has 0 aliphatic carbocycles. The molecule has 38 heavy (non-hydrogen) atoms. The summed E-state index contributed by atoms with van der Waals surface area (Å²) < 4.78 is 15.4. The molecular weight excluding hydrogens is 493 g/mol. The van der Waals surface area contributed by atoms with Crippen LogP contribution in [0.2, 0.25) is 0 Å². The lowest BCUT2D eigenvalue weighted by atomic mass is 9.80. The molecule has 0 radical (unpaired) electrons. The Morgan fingerprint density at radius 1 is 1.08 bits per heavy atom. The number of para-hydroxylation sites is 1. The maximum Gasteiger partial charge on any atom is 0.266 e. The smallest absolute Gasteiger partial charge is 0.266 e. The first-order valence-corrected chi connectivity index (χ1v) is 14.0. The summed E-state index contributed by atoms with van der Waals surface area (Å²) in [5.74, 6) is -0.141. The van der Waals surface area contributed by atoms with Gasteiger partial charge in [-0.05, 0) is 92.3 Å².